The molecule has 7 rings (SSSR count). The quantitative estimate of drug-likeness (QED) is 0.366. The fourth-order valence-electron chi connectivity index (χ4n) is 7.24. The number of pyridine rings is 1. The lowest BCUT2D eigenvalue weighted by atomic mass is 9.79. The predicted octanol–water partition coefficient (Wildman–Crippen LogP) is 4.54. The van der Waals surface area contributed by atoms with E-state index < -0.39 is 34.5 Å². The minimum Gasteiger partial charge on any atom is -0.325 e. The summed E-state index contributed by atoms with van der Waals surface area (Å²) in [7, 11) is 0. The number of aromatic nitrogens is 1. The van der Waals surface area contributed by atoms with Gasteiger partial charge in [-0.2, -0.15) is 0 Å². The highest BCUT2D eigenvalue weighted by molar-refractivity contribution is 9.10. The van der Waals surface area contributed by atoms with Crippen molar-refractivity contribution in [2.45, 2.75) is 55.5 Å². The molecule has 2 aromatic carbocycles. The van der Waals surface area contributed by atoms with Crippen LogP contribution < -0.4 is 16.0 Å². The number of amides is 3. The summed E-state index contributed by atoms with van der Waals surface area (Å²) in [5.74, 6) is -1.68. The molecule has 2 spiro atoms. The zero-order chi connectivity index (χ0) is 29.2. The summed E-state index contributed by atoms with van der Waals surface area (Å²) in [4.78, 5) is 46.1. The average Bonchev–Trinajstić information content (AvgIpc) is 3.66. The number of benzene rings is 2. The number of nitrogens with one attached hydrogen (secondary N) is 3. The van der Waals surface area contributed by atoms with Crippen LogP contribution in [0.15, 0.2) is 53.1 Å². The summed E-state index contributed by atoms with van der Waals surface area (Å²) < 4.78 is 28.8. The lowest BCUT2D eigenvalue weighted by molar-refractivity contribution is -0.147. The standard InChI is InChI=1S/C31H28BrF2N5O3/c32-26-21(11-19(33)12-23(26)34)24-15-36-31(7-1-2-8-31)29(42)39(24)16-25(40)37-20-6-5-17-13-30(14-18(17)10-20)22-4-3-9-35-27(22)38-28(30)41/h3-6,9-12,24,36H,1-2,7-8,13-16H2,(H,37,40)(H,35,38,41). The molecule has 2 unspecified atom stereocenters. The molecule has 3 amide bonds. The van der Waals surface area contributed by atoms with E-state index in [0.29, 0.717) is 37.2 Å². The number of carbonyl (C=O) groups is 3. The van der Waals surface area contributed by atoms with Gasteiger partial charge in [-0.25, -0.2) is 13.8 Å². The van der Waals surface area contributed by atoms with Gasteiger partial charge in [-0.3, -0.25) is 14.4 Å². The number of hydrogen-bond acceptors (Lipinski definition) is 5. The van der Waals surface area contributed by atoms with Crippen LogP contribution in [0.1, 0.15) is 54.0 Å². The van der Waals surface area contributed by atoms with Crippen LogP contribution in [-0.2, 0) is 32.6 Å². The van der Waals surface area contributed by atoms with E-state index in [2.05, 4.69) is 36.9 Å². The molecule has 1 saturated heterocycles. The number of nitrogens with zero attached hydrogens (tertiary/aromatic N) is 2. The smallest absolute Gasteiger partial charge is 0.244 e. The third kappa shape index (κ3) is 4.24. The van der Waals surface area contributed by atoms with Gasteiger partial charge in [0.15, 0.2) is 0 Å². The third-order valence-electron chi connectivity index (χ3n) is 9.30. The normalized spacial score (nSPS) is 23.8. The fraction of sp³-hybridized carbons (Fsp3) is 0.355. The highest BCUT2D eigenvalue weighted by Gasteiger charge is 2.52. The zero-order valence-electron chi connectivity index (χ0n) is 22.6. The first-order chi connectivity index (χ1) is 20.2. The van der Waals surface area contributed by atoms with E-state index >= 15 is 0 Å². The first kappa shape index (κ1) is 27.2. The minimum absolute atomic E-state index is 0.0663. The van der Waals surface area contributed by atoms with E-state index in [1.807, 2.05) is 24.3 Å². The average molecular weight is 636 g/mol. The van der Waals surface area contributed by atoms with E-state index in [1.165, 1.54) is 11.0 Å². The van der Waals surface area contributed by atoms with E-state index in [0.717, 1.165) is 35.6 Å². The lowest BCUT2D eigenvalue weighted by Gasteiger charge is -2.45. The van der Waals surface area contributed by atoms with Crippen LogP contribution in [0.5, 0.6) is 0 Å². The highest BCUT2D eigenvalue weighted by Crippen LogP contribution is 2.47. The van der Waals surface area contributed by atoms with Crippen LogP contribution in [0.25, 0.3) is 0 Å². The van der Waals surface area contributed by atoms with Gasteiger partial charge in [0, 0.05) is 30.1 Å². The largest absolute Gasteiger partial charge is 0.325 e. The van der Waals surface area contributed by atoms with Crippen molar-refractivity contribution in [3.63, 3.8) is 0 Å². The van der Waals surface area contributed by atoms with Crippen molar-refractivity contribution in [1.29, 1.82) is 0 Å². The molecule has 4 aliphatic rings. The van der Waals surface area contributed by atoms with Crippen molar-refractivity contribution in [2.24, 2.45) is 0 Å². The maximum Gasteiger partial charge on any atom is 0.244 e. The van der Waals surface area contributed by atoms with E-state index in [4.69, 9.17) is 0 Å². The van der Waals surface area contributed by atoms with Gasteiger partial charge < -0.3 is 20.9 Å². The third-order valence-corrected chi connectivity index (χ3v) is 10.1. The molecular weight excluding hydrogens is 608 g/mol. The second-order valence-corrected chi connectivity index (χ2v) is 12.5. The Morgan fingerprint density at radius 2 is 1.88 bits per heavy atom. The maximum absolute atomic E-state index is 14.5. The van der Waals surface area contributed by atoms with Gasteiger partial charge in [0.1, 0.15) is 24.0 Å². The van der Waals surface area contributed by atoms with Crippen molar-refractivity contribution in [1.82, 2.24) is 15.2 Å². The Morgan fingerprint density at radius 3 is 2.69 bits per heavy atom. The molecule has 2 aliphatic carbocycles. The highest BCUT2D eigenvalue weighted by atomic mass is 79.9. The number of halogens is 3. The van der Waals surface area contributed by atoms with Crippen LogP contribution in [-0.4, -0.2) is 46.2 Å². The van der Waals surface area contributed by atoms with Gasteiger partial charge in [-0.1, -0.05) is 25.0 Å². The van der Waals surface area contributed by atoms with Crippen molar-refractivity contribution >= 4 is 45.2 Å². The van der Waals surface area contributed by atoms with Gasteiger partial charge in [-0.05, 0) is 82.6 Å². The SMILES string of the molecule is O=C(CN1C(=O)C2(CCCC2)NCC1c1cc(F)cc(F)c1Br)Nc1ccc2c(c1)CC1(C2)C(=O)Nc2ncccc21. The van der Waals surface area contributed by atoms with Gasteiger partial charge in [-0.15, -0.1) is 0 Å². The van der Waals surface area contributed by atoms with E-state index in [-0.39, 0.29) is 34.9 Å². The molecule has 1 aromatic heterocycles. The summed E-state index contributed by atoms with van der Waals surface area (Å²) >= 11 is 3.22. The second-order valence-electron chi connectivity index (χ2n) is 11.7. The number of anilines is 2. The molecule has 11 heteroatoms. The van der Waals surface area contributed by atoms with Gasteiger partial charge in [0.05, 0.1) is 21.5 Å². The Balaban J connectivity index is 1.13. The van der Waals surface area contributed by atoms with Crippen LogP contribution in [0, 0.1) is 11.6 Å². The first-order valence-electron chi connectivity index (χ1n) is 14.1. The summed E-state index contributed by atoms with van der Waals surface area (Å²) in [6, 6.07) is 10.6. The number of piperazine rings is 1. The molecule has 2 atom stereocenters. The van der Waals surface area contributed by atoms with Crippen molar-refractivity contribution in [3.8, 4) is 0 Å². The Kier molecular flexibility index (Phi) is 6.43. The Hall–Kier alpha value is -3.70. The molecule has 0 radical (unpaired) electrons. The second kappa shape index (κ2) is 9.95. The minimum atomic E-state index is -0.774. The number of carbonyl (C=O) groups excluding carboxylic acids is 3. The Bertz CT molecular complexity index is 1660. The summed E-state index contributed by atoms with van der Waals surface area (Å²) in [5.41, 5.74) is 2.18. The first-order valence-corrected chi connectivity index (χ1v) is 14.9. The molecule has 2 aliphatic heterocycles. The molecule has 3 aromatic rings. The Morgan fingerprint density at radius 1 is 1.10 bits per heavy atom. The molecule has 216 valence electrons. The molecule has 8 nitrogen and oxygen atoms in total. The van der Waals surface area contributed by atoms with Crippen LogP contribution >= 0.6 is 15.9 Å². The molecule has 42 heavy (non-hydrogen) atoms. The summed E-state index contributed by atoms with van der Waals surface area (Å²) in [6.07, 6.45) is 5.74. The number of hydrogen-bond donors (Lipinski definition) is 3. The van der Waals surface area contributed by atoms with Crippen LogP contribution in [0.3, 0.4) is 0 Å². The molecule has 3 N–H and O–H groups in total. The lowest BCUT2D eigenvalue weighted by Crippen LogP contribution is -2.64. The Labute approximate surface area is 249 Å². The molecular formula is C31H28BrF2N5O3. The summed E-state index contributed by atoms with van der Waals surface area (Å²) in [5, 5.41) is 9.16. The molecule has 0 bridgehead atoms. The summed E-state index contributed by atoms with van der Waals surface area (Å²) in [6.45, 7) is -0.0141. The number of fused-ring (bicyclic) bond motifs is 3. The van der Waals surface area contributed by atoms with Crippen molar-refractivity contribution in [2.75, 3.05) is 23.7 Å². The van der Waals surface area contributed by atoms with Gasteiger partial charge in [0.25, 0.3) is 0 Å². The predicted molar refractivity (Wildman–Crippen MR) is 155 cm³/mol. The van der Waals surface area contributed by atoms with E-state index in [1.54, 1.807) is 12.3 Å². The maximum atomic E-state index is 14.5. The zero-order valence-corrected chi connectivity index (χ0v) is 24.2. The van der Waals surface area contributed by atoms with Gasteiger partial charge in [0.2, 0.25) is 17.7 Å². The van der Waals surface area contributed by atoms with Gasteiger partial charge >= 0.3 is 0 Å². The molecule has 2 fully saturated rings. The molecule has 3 heterocycles. The fourth-order valence-corrected chi connectivity index (χ4v) is 7.74. The van der Waals surface area contributed by atoms with Crippen LogP contribution in [0.2, 0.25) is 0 Å². The topological polar surface area (TPSA) is 103 Å². The monoisotopic (exact) mass is 635 g/mol. The van der Waals surface area contributed by atoms with Crippen molar-refractivity contribution in [3.05, 3.63) is 87.0 Å². The van der Waals surface area contributed by atoms with Crippen molar-refractivity contribution < 1.29 is 23.2 Å². The van der Waals surface area contributed by atoms with E-state index in [9.17, 15) is 23.2 Å². The van der Waals surface area contributed by atoms with Crippen LogP contribution in [0.4, 0.5) is 20.3 Å². The number of rotatable bonds is 4. The molecule has 1 saturated carbocycles.